The van der Waals surface area contributed by atoms with Gasteiger partial charge in [-0.15, -0.1) is 0 Å². The van der Waals surface area contributed by atoms with Gasteiger partial charge in [0, 0.05) is 13.2 Å². The van der Waals surface area contributed by atoms with Crippen LogP contribution in [-0.4, -0.2) is 90.5 Å². The van der Waals surface area contributed by atoms with E-state index in [1.54, 1.807) is 0 Å². The molecule has 4 rings (SSSR count). The van der Waals surface area contributed by atoms with Crippen molar-refractivity contribution in [1.82, 2.24) is 0 Å². The highest BCUT2D eigenvalue weighted by Crippen LogP contribution is 2.15. The van der Waals surface area contributed by atoms with E-state index in [9.17, 15) is 0 Å². The van der Waals surface area contributed by atoms with E-state index in [4.69, 9.17) is 33.2 Å². The molecule has 0 N–H and O–H groups in total. The lowest BCUT2D eigenvalue weighted by Gasteiger charge is -2.17. The van der Waals surface area contributed by atoms with Gasteiger partial charge in [0.2, 0.25) is 0 Å². The van der Waals surface area contributed by atoms with E-state index >= 15 is 0 Å². The molecule has 1 aliphatic carbocycles. The number of ether oxygens (including phenoxy) is 7. The zero-order chi connectivity index (χ0) is 20.6. The summed E-state index contributed by atoms with van der Waals surface area (Å²) in [6.07, 6.45) is 10.0. The molecule has 0 radical (unpaired) electrons. The first-order valence-electron chi connectivity index (χ1n) is 11.5. The van der Waals surface area contributed by atoms with Gasteiger partial charge >= 0.3 is 0 Å². The normalized spacial score (nSPS) is 25.9. The average molecular weight is 451 g/mol. The van der Waals surface area contributed by atoms with Gasteiger partial charge in [-0.3, -0.25) is 0 Å². The van der Waals surface area contributed by atoms with Gasteiger partial charge in [0.1, 0.15) is 24.4 Å². The topological polar surface area (TPSA) is 74.5 Å². The smallest absolute Gasteiger partial charge is 0.104 e. The third kappa shape index (κ3) is 20.1. The second-order valence-electron chi connectivity index (χ2n) is 7.80. The van der Waals surface area contributed by atoms with E-state index in [2.05, 4.69) is 0 Å². The zero-order valence-electron chi connectivity index (χ0n) is 18.5. The van der Waals surface area contributed by atoms with Crippen LogP contribution in [0.3, 0.4) is 0 Å². The fourth-order valence-electron chi connectivity index (χ4n) is 2.77. The maximum Gasteiger partial charge on any atom is 0.104 e. The maximum absolute atomic E-state index is 5.65. The van der Waals surface area contributed by atoms with Crippen LogP contribution < -0.4 is 0 Å². The summed E-state index contributed by atoms with van der Waals surface area (Å²) in [5, 5.41) is 0. The molecule has 0 spiro atoms. The predicted octanol–water partition coefficient (Wildman–Crippen LogP) is 4.26. The first-order chi connectivity index (χ1) is 14.3. The Morgan fingerprint density at radius 2 is 1.00 bits per heavy atom. The summed E-state index contributed by atoms with van der Waals surface area (Å²) >= 11 is 0. The molecule has 3 heterocycles. The third-order valence-electron chi connectivity index (χ3n) is 4.85. The lowest BCUT2D eigenvalue weighted by Crippen LogP contribution is -2.28. The molecule has 4 atom stereocenters. The zero-order valence-corrected chi connectivity index (χ0v) is 18.5. The molecular formula is C24H50O7. The van der Waals surface area contributed by atoms with Crippen molar-refractivity contribution in [3.8, 4) is 0 Å². The second-order valence-corrected chi connectivity index (χ2v) is 7.80. The average Bonchev–Trinajstić information content (AvgIpc) is 3.61. The fourth-order valence-corrected chi connectivity index (χ4v) is 2.77. The summed E-state index contributed by atoms with van der Waals surface area (Å²) in [6.45, 7) is 11.2. The van der Waals surface area contributed by atoms with E-state index in [-0.39, 0.29) is 27.1 Å². The molecule has 4 unspecified atom stereocenters. The monoisotopic (exact) mass is 450 g/mol. The highest BCUT2D eigenvalue weighted by molar-refractivity contribution is 4.70. The largest absolute Gasteiger partial charge is 0.379 e. The van der Waals surface area contributed by atoms with Gasteiger partial charge in [-0.1, -0.05) is 53.4 Å². The van der Waals surface area contributed by atoms with Gasteiger partial charge in [-0.2, -0.15) is 0 Å². The Morgan fingerprint density at radius 1 is 0.613 bits per heavy atom. The van der Waals surface area contributed by atoms with E-state index in [0.29, 0.717) is 45.2 Å². The van der Waals surface area contributed by atoms with Gasteiger partial charge in [0.25, 0.3) is 0 Å². The molecule has 0 amide bonds. The molecule has 7 heteroatoms. The van der Waals surface area contributed by atoms with E-state index in [0.717, 1.165) is 33.0 Å². The van der Waals surface area contributed by atoms with Crippen molar-refractivity contribution >= 4 is 0 Å². The van der Waals surface area contributed by atoms with E-state index < -0.39 is 0 Å². The van der Waals surface area contributed by atoms with Crippen molar-refractivity contribution in [2.75, 3.05) is 66.1 Å². The summed E-state index contributed by atoms with van der Waals surface area (Å²) in [5.41, 5.74) is 0. The molecule has 4 fully saturated rings. The Labute approximate surface area is 191 Å². The first kappa shape index (κ1) is 30.7. The molecule has 4 aliphatic rings. The van der Waals surface area contributed by atoms with Gasteiger partial charge in [-0.05, 0) is 13.8 Å². The molecule has 0 aromatic heterocycles. The van der Waals surface area contributed by atoms with Gasteiger partial charge in [0.05, 0.1) is 52.9 Å². The van der Waals surface area contributed by atoms with Crippen molar-refractivity contribution in [3.63, 3.8) is 0 Å². The maximum atomic E-state index is 5.65. The van der Waals surface area contributed by atoms with Crippen LogP contribution in [-0.2, 0) is 33.2 Å². The molecule has 3 saturated heterocycles. The molecule has 188 valence electrons. The highest BCUT2D eigenvalue weighted by atomic mass is 16.6. The Bertz CT molecular complexity index is 355. The molecule has 31 heavy (non-hydrogen) atoms. The molecular weight excluding hydrogens is 400 g/mol. The van der Waals surface area contributed by atoms with Crippen LogP contribution >= 0.6 is 0 Å². The van der Waals surface area contributed by atoms with Crippen molar-refractivity contribution in [3.05, 3.63) is 0 Å². The van der Waals surface area contributed by atoms with Crippen LogP contribution in [0.25, 0.3) is 0 Å². The minimum absolute atomic E-state index is 0. The Kier molecular flexibility index (Phi) is 20.2. The highest BCUT2D eigenvalue weighted by Gasteiger charge is 2.26. The van der Waals surface area contributed by atoms with Crippen molar-refractivity contribution in [1.29, 1.82) is 0 Å². The number of hydrogen-bond acceptors (Lipinski definition) is 7. The molecule has 1 saturated carbocycles. The molecule has 0 aromatic rings. The van der Waals surface area contributed by atoms with Crippen LogP contribution in [0.5, 0.6) is 0 Å². The minimum atomic E-state index is 0. The lowest BCUT2D eigenvalue weighted by molar-refractivity contribution is -0.0629. The van der Waals surface area contributed by atoms with Crippen molar-refractivity contribution in [2.24, 2.45) is 0 Å². The Morgan fingerprint density at radius 3 is 1.42 bits per heavy atom. The predicted molar refractivity (Wildman–Crippen MR) is 124 cm³/mol. The molecule has 3 aliphatic heterocycles. The standard InChI is InChI=1S/C11H20O5.C6H12.C5H10O2.2CH4/c1-2-12-3-9(14-7-11-8-16-11)4-13-5-10-6-15-10;1-2-4-6-5-3-1;1-2-6-3-5-4-7-5;;/h9-11H,2-8H2,1H3;1-6H2;5H,2-4H2,1H3;2*1H4. The minimum Gasteiger partial charge on any atom is -0.379 e. The quantitative estimate of drug-likeness (QED) is 0.388. The Balaban J connectivity index is 0.000000499. The van der Waals surface area contributed by atoms with Crippen LogP contribution in [0.15, 0.2) is 0 Å². The first-order valence-corrected chi connectivity index (χ1v) is 11.5. The lowest BCUT2D eigenvalue weighted by atomic mass is 10.0. The van der Waals surface area contributed by atoms with E-state index in [1.165, 1.54) is 38.5 Å². The number of rotatable bonds is 13. The van der Waals surface area contributed by atoms with Crippen LogP contribution in [0, 0.1) is 0 Å². The Hall–Kier alpha value is -0.280. The SMILES string of the molecule is C.C.C1CCCCC1.CCOCC(COCC1CO1)OCC1CO1.CCOCC1CO1. The van der Waals surface area contributed by atoms with Crippen molar-refractivity contribution in [2.45, 2.75) is 91.6 Å². The van der Waals surface area contributed by atoms with Gasteiger partial charge in [0.15, 0.2) is 0 Å². The van der Waals surface area contributed by atoms with Crippen LogP contribution in [0.1, 0.15) is 67.2 Å². The third-order valence-corrected chi connectivity index (χ3v) is 4.85. The number of epoxide rings is 3. The van der Waals surface area contributed by atoms with E-state index in [1.807, 2.05) is 13.8 Å². The molecule has 7 nitrogen and oxygen atoms in total. The summed E-state index contributed by atoms with van der Waals surface area (Å²) in [7, 11) is 0. The summed E-state index contributed by atoms with van der Waals surface area (Å²) < 4.78 is 36.6. The summed E-state index contributed by atoms with van der Waals surface area (Å²) in [5.74, 6) is 0. The van der Waals surface area contributed by atoms with Gasteiger partial charge in [-0.25, -0.2) is 0 Å². The second kappa shape index (κ2) is 20.3. The molecule has 0 aromatic carbocycles. The number of hydrogen-bond donors (Lipinski definition) is 0. The van der Waals surface area contributed by atoms with Crippen molar-refractivity contribution < 1.29 is 33.2 Å². The fraction of sp³-hybridized carbons (Fsp3) is 1.00. The summed E-state index contributed by atoms with van der Waals surface area (Å²) in [6, 6.07) is 0. The van der Waals surface area contributed by atoms with Crippen LogP contribution in [0.2, 0.25) is 0 Å². The molecule has 0 bridgehead atoms. The van der Waals surface area contributed by atoms with Crippen LogP contribution in [0.4, 0.5) is 0 Å². The summed E-state index contributed by atoms with van der Waals surface area (Å²) in [4.78, 5) is 0. The van der Waals surface area contributed by atoms with Gasteiger partial charge < -0.3 is 33.2 Å².